The van der Waals surface area contributed by atoms with Gasteiger partial charge in [0.05, 0.1) is 5.92 Å². The standard InChI is InChI=1S/C14H23N5OS/c1-2-12-16-14(21-17-12)19-8-6-18(7-9-19)13(20)10-4-3-5-11(10)15/h10-11H,2-9,15H2,1H3/t10-,11+/m1/s1. The van der Waals surface area contributed by atoms with E-state index in [2.05, 4.69) is 21.2 Å². The van der Waals surface area contributed by atoms with E-state index < -0.39 is 0 Å². The Morgan fingerprint density at radius 2 is 2.10 bits per heavy atom. The van der Waals surface area contributed by atoms with Gasteiger partial charge in [-0.15, -0.1) is 0 Å². The predicted octanol–water partition coefficient (Wildman–Crippen LogP) is 0.877. The number of piperazine rings is 1. The Morgan fingerprint density at radius 1 is 1.33 bits per heavy atom. The number of aryl methyl sites for hydroxylation is 1. The lowest BCUT2D eigenvalue weighted by atomic mass is 10.0. The van der Waals surface area contributed by atoms with Crippen molar-refractivity contribution in [1.29, 1.82) is 0 Å². The molecule has 6 nitrogen and oxygen atoms in total. The highest BCUT2D eigenvalue weighted by atomic mass is 32.1. The minimum Gasteiger partial charge on any atom is -0.343 e. The van der Waals surface area contributed by atoms with Crippen LogP contribution >= 0.6 is 11.5 Å². The van der Waals surface area contributed by atoms with Crippen molar-refractivity contribution in [3.05, 3.63) is 5.82 Å². The van der Waals surface area contributed by atoms with Gasteiger partial charge >= 0.3 is 0 Å². The Balaban J connectivity index is 1.56. The second-order valence-electron chi connectivity index (χ2n) is 5.86. The Labute approximate surface area is 129 Å². The second kappa shape index (κ2) is 6.27. The number of hydrogen-bond acceptors (Lipinski definition) is 6. The number of carbonyl (C=O) groups is 1. The van der Waals surface area contributed by atoms with E-state index in [0.29, 0.717) is 0 Å². The van der Waals surface area contributed by atoms with Gasteiger partial charge in [0.1, 0.15) is 5.82 Å². The van der Waals surface area contributed by atoms with E-state index in [1.165, 1.54) is 11.5 Å². The summed E-state index contributed by atoms with van der Waals surface area (Å²) in [4.78, 5) is 21.2. The first kappa shape index (κ1) is 14.7. The van der Waals surface area contributed by atoms with Crippen LogP contribution in [0.4, 0.5) is 5.13 Å². The van der Waals surface area contributed by atoms with Crippen LogP contribution in [0, 0.1) is 5.92 Å². The molecule has 1 aromatic heterocycles. The predicted molar refractivity (Wildman–Crippen MR) is 83.4 cm³/mol. The molecular formula is C14H23N5OS. The maximum Gasteiger partial charge on any atom is 0.227 e. The van der Waals surface area contributed by atoms with Crippen molar-refractivity contribution < 1.29 is 4.79 Å². The molecule has 2 N–H and O–H groups in total. The van der Waals surface area contributed by atoms with E-state index in [-0.39, 0.29) is 17.9 Å². The van der Waals surface area contributed by atoms with Gasteiger partial charge in [0, 0.05) is 50.2 Å². The summed E-state index contributed by atoms with van der Waals surface area (Å²) >= 11 is 1.46. The largest absolute Gasteiger partial charge is 0.343 e. The Morgan fingerprint density at radius 3 is 2.67 bits per heavy atom. The number of aromatic nitrogens is 2. The van der Waals surface area contributed by atoms with Crippen molar-refractivity contribution in [2.75, 3.05) is 31.1 Å². The molecule has 1 saturated carbocycles. The van der Waals surface area contributed by atoms with Gasteiger partial charge in [-0.25, -0.2) is 4.98 Å². The summed E-state index contributed by atoms with van der Waals surface area (Å²) in [6.07, 6.45) is 3.90. The van der Waals surface area contributed by atoms with E-state index in [1.54, 1.807) is 0 Å². The molecule has 2 fully saturated rings. The summed E-state index contributed by atoms with van der Waals surface area (Å²) in [6.45, 7) is 5.28. The number of nitrogens with zero attached hydrogens (tertiary/aromatic N) is 4. The van der Waals surface area contributed by atoms with Crippen molar-refractivity contribution in [3.63, 3.8) is 0 Å². The normalized spacial score (nSPS) is 26.4. The van der Waals surface area contributed by atoms with Gasteiger partial charge in [-0.2, -0.15) is 4.37 Å². The molecule has 1 aliphatic carbocycles. The van der Waals surface area contributed by atoms with Crippen LogP contribution in [0.15, 0.2) is 0 Å². The molecule has 1 saturated heterocycles. The van der Waals surface area contributed by atoms with Crippen LogP contribution in [0.3, 0.4) is 0 Å². The minimum absolute atomic E-state index is 0.0461. The lowest BCUT2D eigenvalue weighted by Gasteiger charge is -2.36. The molecular weight excluding hydrogens is 286 g/mol. The molecule has 3 rings (SSSR count). The fraction of sp³-hybridized carbons (Fsp3) is 0.786. The number of rotatable bonds is 3. The fourth-order valence-corrected chi connectivity index (χ4v) is 3.97. The molecule has 0 unspecified atom stereocenters. The average molecular weight is 309 g/mol. The van der Waals surface area contributed by atoms with Crippen LogP contribution in [0.25, 0.3) is 0 Å². The van der Waals surface area contributed by atoms with Crippen LogP contribution < -0.4 is 10.6 Å². The summed E-state index contributed by atoms with van der Waals surface area (Å²) in [5, 5.41) is 0.983. The molecule has 21 heavy (non-hydrogen) atoms. The molecule has 2 heterocycles. The highest BCUT2D eigenvalue weighted by Gasteiger charge is 2.34. The SMILES string of the molecule is CCc1nsc(N2CCN(C(=O)[C@@H]3CCC[C@@H]3N)CC2)n1. The van der Waals surface area contributed by atoms with Gasteiger partial charge in [-0.05, 0) is 12.8 Å². The first-order chi connectivity index (χ1) is 10.2. The van der Waals surface area contributed by atoms with Gasteiger partial charge in [0.25, 0.3) is 0 Å². The second-order valence-corrected chi connectivity index (χ2v) is 6.59. The highest BCUT2D eigenvalue weighted by Crippen LogP contribution is 2.27. The van der Waals surface area contributed by atoms with Gasteiger partial charge < -0.3 is 15.5 Å². The number of hydrogen-bond donors (Lipinski definition) is 1. The fourth-order valence-electron chi connectivity index (χ4n) is 3.16. The molecule has 116 valence electrons. The highest BCUT2D eigenvalue weighted by molar-refractivity contribution is 7.09. The monoisotopic (exact) mass is 309 g/mol. The first-order valence-electron chi connectivity index (χ1n) is 7.81. The average Bonchev–Trinajstić information content (AvgIpc) is 3.15. The maximum atomic E-state index is 12.5. The van der Waals surface area contributed by atoms with Gasteiger partial charge in [-0.1, -0.05) is 13.3 Å². The van der Waals surface area contributed by atoms with E-state index >= 15 is 0 Å². The Bertz CT molecular complexity index is 497. The summed E-state index contributed by atoms with van der Waals surface area (Å²) < 4.78 is 4.33. The van der Waals surface area contributed by atoms with Gasteiger partial charge in [0.2, 0.25) is 11.0 Å². The minimum atomic E-state index is 0.0461. The third kappa shape index (κ3) is 3.03. The van der Waals surface area contributed by atoms with Gasteiger partial charge in [0.15, 0.2) is 0 Å². The number of anilines is 1. The van der Waals surface area contributed by atoms with Gasteiger partial charge in [-0.3, -0.25) is 4.79 Å². The summed E-state index contributed by atoms with van der Waals surface area (Å²) in [5.41, 5.74) is 6.05. The molecule has 0 bridgehead atoms. The Kier molecular flexibility index (Phi) is 4.40. The lowest BCUT2D eigenvalue weighted by Crippen LogP contribution is -2.52. The van der Waals surface area contributed by atoms with Crippen LogP contribution in [0.1, 0.15) is 32.0 Å². The molecule has 0 spiro atoms. The molecule has 2 atom stereocenters. The van der Waals surface area contributed by atoms with E-state index in [4.69, 9.17) is 5.73 Å². The number of amides is 1. The third-order valence-corrected chi connectivity index (χ3v) is 5.34. The molecule has 1 amide bonds. The van der Waals surface area contributed by atoms with Crippen molar-refractivity contribution in [2.45, 2.75) is 38.6 Å². The van der Waals surface area contributed by atoms with Crippen molar-refractivity contribution >= 4 is 22.6 Å². The Hall–Kier alpha value is -1.21. The zero-order chi connectivity index (χ0) is 14.8. The molecule has 0 aromatic carbocycles. The zero-order valence-electron chi connectivity index (χ0n) is 12.5. The third-order valence-electron chi connectivity index (χ3n) is 4.52. The molecule has 1 aliphatic heterocycles. The lowest BCUT2D eigenvalue weighted by molar-refractivity contribution is -0.136. The zero-order valence-corrected chi connectivity index (χ0v) is 13.3. The van der Waals surface area contributed by atoms with E-state index in [9.17, 15) is 4.79 Å². The summed E-state index contributed by atoms with van der Waals surface area (Å²) in [5.74, 6) is 1.21. The van der Waals surface area contributed by atoms with Crippen LogP contribution in [-0.2, 0) is 11.2 Å². The van der Waals surface area contributed by atoms with Crippen molar-refractivity contribution in [3.8, 4) is 0 Å². The molecule has 1 aromatic rings. The first-order valence-corrected chi connectivity index (χ1v) is 8.58. The summed E-state index contributed by atoms with van der Waals surface area (Å²) in [7, 11) is 0. The van der Waals surface area contributed by atoms with Crippen molar-refractivity contribution in [1.82, 2.24) is 14.3 Å². The molecule has 0 radical (unpaired) electrons. The topological polar surface area (TPSA) is 75.4 Å². The smallest absolute Gasteiger partial charge is 0.227 e. The van der Waals surface area contributed by atoms with E-state index in [1.807, 2.05) is 4.90 Å². The van der Waals surface area contributed by atoms with Crippen LogP contribution in [0.5, 0.6) is 0 Å². The number of nitrogens with two attached hydrogens (primary N) is 1. The van der Waals surface area contributed by atoms with Crippen LogP contribution in [-0.4, -0.2) is 52.4 Å². The molecule has 2 aliphatic rings. The van der Waals surface area contributed by atoms with Crippen molar-refractivity contribution in [2.24, 2.45) is 11.7 Å². The number of carbonyl (C=O) groups excluding carboxylic acids is 1. The quantitative estimate of drug-likeness (QED) is 0.897. The maximum absolute atomic E-state index is 12.5. The van der Waals surface area contributed by atoms with Crippen LogP contribution in [0.2, 0.25) is 0 Å². The summed E-state index contributed by atoms with van der Waals surface area (Å²) in [6, 6.07) is 0.0609. The molecule has 7 heteroatoms. The van der Waals surface area contributed by atoms with E-state index in [0.717, 1.165) is 62.8 Å².